The summed E-state index contributed by atoms with van der Waals surface area (Å²) < 4.78 is 5.26. The lowest BCUT2D eigenvalue weighted by Crippen LogP contribution is -2.27. The van der Waals surface area contributed by atoms with Crippen molar-refractivity contribution in [3.63, 3.8) is 0 Å². The molecule has 2 rings (SSSR count). The Kier molecular flexibility index (Phi) is 6.59. The van der Waals surface area contributed by atoms with Crippen molar-refractivity contribution >= 4 is 11.8 Å². The molecule has 1 N–H and O–H groups in total. The van der Waals surface area contributed by atoms with E-state index in [0.29, 0.717) is 0 Å². The van der Waals surface area contributed by atoms with Crippen molar-refractivity contribution in [1.29, 1.82) is 0 Å². The molecule has 0 spiro atoms. The number of hydrogen-bond acceptors (Lipinski definition) is 3. The van der Waals surface area contributed by atoms with Gasteiger partial charge >= 0.3 is 6.09 Å². The fourth-order valence-corrected chi connectivity index (χ4v) is 2.49. The number of anilines is 1. The monoisotopic (exact) mass is 340 g/mol. The number of hydrogen-bond donors (Lipinski definition) is 1. The van der Waals surface area contributed by atoms with Gasteiger partial charge in [0.2, 0.25) is 0 Å². The van der Waals surface area contributed by atoms with E-state index in [2.05, 4.69) is 41.4 Å². The van der Waals surface area contributed by atoms with Crippen LogP contribution in [0.1, 0.15) is 38.8 Å². The van der Waals surface area contributed by atoms with Crippen molar-refractivity contribution in [2.24, 2.45) is 0 Å². The maximum absolute atomic E-state index is 11.8. The zero-order valence-electron chi connectivity index (χ0n) is 15.6. The summed E-state index contributed by atoms with van der Waals surface area (Å²) in [5.74, 6) is 0. The molecule has 0 saturated heterocycles. The van der Waals surface area contributed by atoms with E-state index in [1.807, 2.05) is 51.1 Å². The Bertz CT molecular complexity index is 661. The van der Waals surface area contributed by atoms with E-state index in [9.17, 15) is 4.79 Å². The van der Waals surface area contributed by atoms with Gasteiger partial charge in [-0.15, -0.1) is 0 Å². The van der Waals surface area contributed by atoms with Gasteiger partial charge in [-0.05, 0) is 50.6 Å². The van der Waals surface area contributed by atoms with E-state index < -0.39 is 11.7 Å². The lowest BCUT2D eigenvalue weighted by atomic mass is 10.1. The van der Waals surface area contributed by atoms with Crippen LogP contribution in [0.5, 0.6) is 0 Å². The Labute approximate surface area is 150 Å². The van der Waals surface area contributed by atoms with Gasteiger partial charge < -0.3 is 4.74 Å². The van der Waals surface area contributed by atoms with Gasteiger partial charge in [0.15, 0.2) is 0 Å². The first kappa shape index (κ1) is 19.0. The SMILES string of the molecule is CCN(Cc1ccccc1)Cc1ccc(NC(=O)OC(C)(C)C)cc1. The van der Waals surface area contributed by atoms with Crippen LogP contribution in [-0.2, 0) is 17.8 Å². The van der Waals surface area contributed by atoms with Crippen molar-refractivity contribution in [2.45, 2.75) is 46.4 Å². The van der Waals surface area contributed by atoms with Crippen LogP contribution in [0.3, 0.4) is 0 Å². The highest BCUT2D eigenvalue weighted by Gasteiger charge is 2.16. The number of amides is 1. The third-order valence-corrected chi connectivity index (χ3v) is 3.70. The molecule has 4 nitrogen and oxygen atoms in total. The summed E-state index contributed by atoms with van der Waals surface area (Å²) in [6.07, 6.45) is -0.431. The molecule has 2 aromatic rings. The van der Waals surface area contributed by atoms with Gasteiger partial charge in [0.05, 0.1) is 0 Å². The molecule has 0 radical (unpaired) electrons. The van der Waals surface area contributed by atoms with Crippen LogP contribution in [0.2, 0.25) is 0 Å². The zero-order valence-corrected chi connectivity index (χ0v) is 15.6. The van der Waals surface area contributed by atoms with E-state index >= 15 is 0 Å². The molecule has 0 saturated carbocycles. The predicted octanol–water partition coefficient (Wildman–Crippen LogP) is 5.06. The minimum atomic E-state index is -0.497. The van der Waals surface area contributed by atoms with Crippen molar-refractivity contribution in [1.82, 2.24) is 4.90 Å². The first-order valence-corrected chi connectivity index (χ1v) is 8.71. The van der Waals surface area contributed by atoms with Gasteiger partial charge in [-0.25, -0.2) is 4.79 Å². The molecule has 0 fully saturated rings. The summed E-state index contributed by atoms with van der Waals surface area (Å²) in [5, 5.41) is 2.76. The number of carbonyl (C=O) groups excluding carboxylic acids is 1. The Morgan fingerprint density at radius 2 is 1.52 bits per heavy atom. The summed E-state index contributed by atoms with van der Waals surface area (Å²) >= 11 is 0. The maximum atomic E-state index is 11.8. The standard InChI is InChI=1S/C21H28N2O2/c1-5-23(15-17-9-7-6-8-10-17)16-18-11-13-19(14-12-18)22-20(24)25-21(2,3)4/h6-14H,5,15-16H2,1-4H3,(H,22,24). The number of carbonyl (C=O) groups is 1. The van der Waals surface area contributed by atoms with Crippen LogP contribution in [0.4, 0.5) is 10.5 Å². The highest BCUT2D eigenvalue weighted by Crippen LogP contribution is 2.15. The minimum absolute atomic E-state index is 0.431. The summed E-state index contributed by atoms with van der Waals surface area (Å²) in [6, 6.07) is 18.4. The minimum Gasteiger partial charge on any atom is -0.444 e. The van der Waals surface area contributed by atoms with Crippen LogP contribution in [0.15, 0.2) is 54.6 Å². The summed E-state index contributed by atoms with van der Waals surface area (Å²) in [7, 11) is 0. The van der Waals surface area contributed by atoms with Crippen molar-refractivity contribution in [3.05, 3.63) is 65.7 Å². The Hall–Kier alpha value is -2.33. The molecular weight excluding hydrogens is 312 g/mol. The molecule has 0 bridgehead atoms. The number of nitrogens with one attached hydrogen (secondary N) is 1. The molecule has 0 aliphatic rings. The molecule has 0 aromatic heterocycles. The molecule has 134 valence electrons. The fraction of sp³-hybridized carbons (Fsp3) is 0.381. The Morgan fingerprint density at radius 3 is 2.04 bits per heavy atom. The van der Waals surface area contributed by atoms with Crippen molar-refractivity contribution in [3.8, 4) is 0 Å². The van der Waals surface area contributed by atoms with Gasteiger partial charge in [-0.3, -0.25) is 10.2 Å². The molecular formula is C21H28N2O2. The second kappa shape index (κ2) is 8.67. The smallest absolute Gasteiger partial charge is 0.412 e. The molecule has 0 aliphatic heterocycles. The van der Waals surface area contributed by atoms with Crippen LogP contribution in [-0.4, -0.2) is 23.1 Å². The van der Waals surface area contributed by atoms with E-state index in [4.69, 9.17) is 4.74 Å². The summed E-state index contributed by atoms with van der Waals surface area (Å²) in [5.41, 5.74) is 2.77. The van der Waals surface area contributed by atoms with Crippen LogP contribution in [0, 0.1) is 0 Å². The molecule has 2 aromatic carbocycles. The summed E-state index contributed by atoms with van der Waals surface area (Å²) in [4.78, 5) is 14.2. The highest BCUT2D eigenvalue weighted by atomic mass is 16.6. The Morgan fingerprint density at radius 1 is 0.960 bits per heavy atom. The molecule has 0 heterocycles. The largest absolute Gasteiger partial charge is 0.444 e. The molecule has 0 aliphatic carbocycles. The van der Waals surface area contributed by atoms with Gasteiger partial charge in [0.1, 0.15) is 5.60 Å². The average Bonchev–Trinajstić information content (AvgIpc) is 2.55. The second-order valence-electron chi connectivity index (χ2n) is 7.11. The Balaban J connectivity index is 1.91. The fourth-order valence-electron chi connectivity index (χ4n) is 2.49. The first-order valence-electron chi connectivity index (χ1n) is 8.71. The van der Waals surface area contributed by atoms with E-state index in [0.717, 1.165) is 25.3 Å². The van der Waals surface area contributed by atoms with Crippen LogP contribution < -0.4 is 5.32 Å². The predicted molar refractivity (Wildman–Crippen MR) is 103 cm³/mol. The van der Waals surface area contributed by atoms with Crippen molar-refractivity contribution in [2.75, 3.05) is 11.9 Å². The number of ether oxygens (including phenoxy) is 1. The topological polar surface area (TPSA) is 41.6 Å². The third kappa shape index (κ3) is 6.98. The molecule has 25 heavy (non-hydrogen) atoms. The molecule has 0 atom stereocenters. The van der Waals surface area contributed by atoms with Gasteiger partial charge in [0, 0.05) is 18.8 Å². The average molecular weight is 340 g/mol. The van der Waals surface area contributed by atoms with E-state index in [1.165, 1.54) is 11.1 Å². The highest BCUT2D eigenvalue weighted by molar-refractivity contribution is 5.84. The second-order valence-corrected chi connectivity index (χ2v) is 7.11. The molecule has 1 amide bonds. The van der Waals surface area contributed by atoms with Crippen LogP contribution >= 0.6 is 0 Å². The number of benzene rings is 2. The van der Waals surface area contributed by atoms with E-state index in [1.54, 1.807) is 0 Å². The van der Waals surface area contributed by atoms with Gasteiger partial charge in [0.25, 0.3) is 0 Å². The number of nitrogens with zero attached hydrogens (tertiary/aromatic N) is 1. The maximum Gasteiger partial charge on any atom is 0.412 e. The normalized spacial score (nSPS) is 11.4. The lowest BCUT2D eigenvalue weighted by molar-refractivity contribution is 0.0636. The lowest BCUT2D eigenvalue weighted by Gasteiger charge is -2.21. The van der Waals surface area contributed by atoms with Gasteiger partial charge in [-0.1, -0.05) is 49.4 Å². The zero-order chi connectivity index (χ0) is 18.3. The molecule has 0 unspecified atom stereocenters. The quantitative estimate of drug-likeness (QED) is 0.799. The van der Waals surface area contributed by atoms with Crippen LogP contribution in [0.25, 0.3) is 0 Å². The first-order chi connectivity index (χ1) is 11.9. The summed E-state index contributed by atoms with van der Waals surface area (Å²) in [6.45, 7) is 10.5. The van der Waals surface area contributed by atoms with E-state index in [-0.39, 0.29) is 0 Å². The van der Waals surface area contributed by atoms with Crippen molar-refractivity contribution < 1.29 is 9.53 Å². The van der Waals surface area contributed by atoms with Gasteiger partial charge in [-0.2, -0.15) is 0 Å². The molecule has 4 heteroatoms. The third-order valence-electron chi connectivity index (χ3n) is 3.70. The number of rotatable bonds is 6.